The van der Waals surface area contributed by atoms with Crippen molar-refractivity contribution in [3.8, 4) is 5.75 Å². The Balaban J connectivity index is 1.34. The number of β-lactam (4-membered cyclic amide) rings is 1. The molecule has 8 heteroatoms. The van der Waals surface area contributed by atoms with Crippen LogP contribution in [-0.2, 0) is 20.6 Å². The van der Waals surface area contributed by atoms with Crippen molar-refractivity contribution in [2.75, 3.05) is 18.6 Å². The van der Waals surface area contributed by atoms with Crippen LogP contribution < -0.4 is 20.0 Å². The summed E-state index contributed by atoms with van der Waals surface area (Å²) in [5.41, 5.74) is 1.30. The summed E-state index contributed by atoms with van der Waals surface area (Å²) in [6.07, 6.45) is -0.659. The summed E-state index contributed by atoms with van der Waals surface area (Å²) in [6.45, 7) is 7.02. The summed E-state index contributed by atoms with van der Waals surface area (Å²) in [7, 11) is -1.41. The third-order valence-electron chi connectivity index (χ3n) is 10.4. The van der Waals surface area contributed by atoms with E-state index >= 15 is 0 Å². The SMILES string of the molecule is COc1ccc(N2C(=O)[C@@]3(C[C@@H](O[Si](c4ccccc4)(c4ccccc4)C(C)(C)C)CN3C(=O)OCc3ccccc3)[C@@H]2c2ccccc2)cc1. The van der Waals surface area contributed by atoms with Crippen LogP contribution in [0.5, 0.6) is 5.75 Å². The van der Waals surface area contributed by atoms with Crippen LogP contribution in [0, 0.1) is 0 Å². The van der Waals surface area contributed by atoms with Gasteiger partial charge in [-0.3, -0.25) is 14.6 Å². The minimum absolute atomic E-state index is 0.0961. The van der Waals surface area contributed by atoms with E-state index in [4.69, 9.17) is 13.9 Å². The summed E-state index contributed by atoms with van der Waals surface area (Å²) in [5.74, 6) is 0.537. The first kappa shape index (κ1) is 34.3. The van der Waals surface area contributed by atoms with Gasteiger partial charge in [0.25, 0.3) is 14.2 Å². The molecule has 0 N–H and O–H groups in total. The van der Waals surface area contributed by atoms with Gasteiger partial charge in [0.2, 0.25) is 0 Å². The number of benzene rings is 5. The van der Waals surface area contributed by atoms with Crippen molar-refractivity contribution in [3.05, 3.63) is 157 Å². The number of hydrogen-bond acceptors (Lipinski definition) is 5. The molecule has 0 bridgehead atoms. The van der Waals surface area contributed by atoms with Gasteiger partial charge in [0.05, 0.1) is 25.8 Å². The number of carbonyl (C=O) groups excluding carboxylic acids is 2. The van der Waals surface area contributed by atoms with Crippen molar-refractivity contribution in [1.82, 2.24) is 4.90 Å². The van der Waals surface area contributed by atoms with E-state index in [9.17, 15) is 9.59 Å². The zero-order valence-corrected chi connectivity index (χ0v) is 30.6. The fourth-order valence-corrected chi connectivity index (χ4v) is 12.7. The Morgan fingerprint density at radius 1 is 0.765 bits per heavy atom. The van der Waals surface area contributed by atoms with E-state index in [1.165, 1.54) is 0 Å². The highest BCUT2D eigenvalue weighted by atomic mass is 28.4. The third kappa shape index (κ3) is 6.02. The molecule has 260 valence electrons. The molecule has 2 aliphatic rings. The van der Waals surface area contributed by atoms with E-state index < -0.39 is 32.1 Å². The summed E-state index contributed by atoms with van der Waals surface area (Å²) in [5, 5.41) is 1.99. The van der Waals surface area contributed by atoms with Gasteiger partial charge in [-0.1, -0.05) is 142 Å². The number of hydrogen-bond donors (Lipinski definition) is 0. The molecule has 2 aliphatic heterocycles. The largest absolute Gasteiger partial charge is 0.497 e. The number of methoxy groups -OCH3 is 1. The zero-order valence-electron chi connectivity index (χ0n) is 29.6. The molecule has 3 atom stereocenters. The normalized spacial score (nSPS) is 20.3. The van der Waals surface area contributed by atoms with Crippen LogP contribution in [0.4, 0.5) is 10.5 Å². The van der Waals surface area contributed by atoms with Crippen molar-refractivity contribution >= 4 is 36.4 Å². The molecule has 0 radical (unpaired) electrons. The van der Waals surface area contributed by atoms with E-state index in [1.807, 2.05) is 97.1 Å². The molecular formula is C43H44N2O5Si. The van der Waals surface area contributed by atoms with Crippen LogP contribution in [0.1, 0.15) is 44.4 Å². The van der Waals surface area contributed by atoms with Crippen molar-refractivity contribution in [2.45, 2.75) is 56.5 Å². The van der Waals surface area contributed by atoms with Crippen molar-refractivity contribution < 1.29 is 23.5 Å². The number of rotatable bonds is 9. The highest BCUT2D eigenvalue weighted by Gasteiger charge is 2.70. The summed E-state index contributed by atoms with van der Waals surface area (Å²) < 4.78 is 19.1. The molecule has 0 aromatic heterocycles. The molecule has 0 unspecified atom stereocenters. The van der Waals surface area contributed by atoms with Crippen LogP contribution in [0.15, 0.2) is 146 Å². The Morgan fingerprint density at radius 3 is 1.82 bits per heavy atom. The Kier molecular flexibility index (Phi) is 9.31. The van der Waals surface area contributed by atoms with Crippen LogP contribution in [0.3, 0.4) is 0 Å². The number of nitrogens with zero attached hydrogens (tertiary/aromatic N) is 2. The van der Waals surface area contributed by atoms with Crippen LogP contribution in [-0.4, -0.2) is 50.5 Å². The Bertz CT molecular complexity index is 1910. The Labute approximate surface area is 301 Å². The number of carbonyl (C=O) groups is 2. The van der Waals surface area contributed by atoms with E-state index in [1.54, 1.807) is 16.9 Å². The van der Waals surface area contributed by atoms with E-state index in [2.05, 4.69) is 69.3 Å². The molecule has 5 aromatic carbocycles. The van der Waals surface area contributed by atoms with E-state index in [0.717, 1.165) is 27.2 Å². The fraction of sp³-hybridized carbons (Fsp3) is 0.256. The van der Waals surface area contributed by atoms with Crippen LogP contribution in [0.25, 0.3) is 0 Å². The van der Waals surface area contributed by atoms with Gasteiger partial charge in [-0.05, 0) is 50.8 Å². The van der Waals surface area contributed by atoms with Gasteiger partial charge in [0, 0.05) is 12.1 Å². The predicted octanol–water partition coefficient (Wildman–Crippen LogP) is 7.51. The monoisotopic (exact) mass is 696 g/mol. The second-order valence-electron chi connectivity index (χ2n) is 14.4. The smallest absolute Gasteiger partial charge is 0.411 e. The standard InChI is InChI=1S/C43H44N2O5Si/c1-42(2,3)51(37-21-13-7-14-22-37,38-23-15-8-16-24-38)50-36-29-43(44(30-36)41(47)49-31-32-17-9-5-10-18-32)39(33-19-11-6-12-20-33)45(40(43)46)34-25-27-35(48-4)28-26-34/h5-28,36,39H,29-31H2,1-4H3/t36-,39+,43-/m1/s1. The van der Waals surface area contributed by atoms with Gasteiger partial charge in [-0.25, -0.2) is 4.79 Å². The zero-order chi connectivity index (χ0) is 35.6. The molecule has 2 fully saturated rings. The van der Waals surface area contributed by atoms with Gasteiger partial charge in [0.15, 0.2) is 5.54 Å². The molecule has 0 aliphatic carbocycles. The van der Waals surface area contributed by atoms with Gasteiger partial charge < -0.3 is 13.9 Å². The number of anilines is 1. The fourth-order valence-electron chi connectivity index (χ4n) is 8.06. The lowest BCUT2D eigenvalue weighted by atomic mass is 9.72. The highest BCUT2D eigenvalue weighted by Crippen LogP contribution is 2.56. The lowest BCUT2D eigenvalue weighted by Crippen LogP contribution is -2.74. The Morgan fingerprint density at radius 2 is 1.29 bits per heavy atom. The van der Waals surface area contributed by atoms with Gasteiger partial charge >= 0.3 is 6.09 Å². The molecule has 1 spiro atoms. The first-order valence-electron chi connectivity index (χ1n) is 17.5. The second-order valence-corrected chi connectivity index (χ2v) is 18.6. The lowest BCUT2D eigenvalue weighted by Gasteiger charge is -2.57. The molecular weight excluding hydrogens is 653 g/mol. The maximum atomic E-state index is 15.0. The second kappa shape index (κ2) is 13.9. The number of amides is 2. The summed E-state index contributed by atoms with van der Waals surface area (Å²) >= 11 is 0. The molecule has 2 amide bonds. The first-order valence-corrected chi connectivity index (χ1v) is 19.4. The van der Waals surface area contributed by atoms with Gasteiger partial charge in [-0.15, -0.1) is 0 Å². The predicted molar refractivity (Wildman–Crippen MR) is 203 cm³/mol. The molecule has 51 heavy (non-hydrogen) atoms. The first-order chi connectivity index (χ1) is 24.7. The van der Waals surface area contributed by atoms with Crippen LogP contribution in [0.2, 0.25) is 5.04 Å². The molecule has 0 saturated carbocycles. The Hall–Kier alpha value is -5.18. The van der Waals surface area contributed by atoms with E-state index in [0.29, 0.717) is 12.2 Å². The summed E-state index contributed by atoms with van der Waals surface area (Å²) in [4.78, 5) is 32.8. The van der Waals surface area contributed by atoms with E-state index in [-0.39, 0.29) is 24.1 Å². The highest BCUT2D eigenvalue weighted by molar-refractivity contribution is 6.99. The molecule has 5 aromatic rings. The van der Waals surface area contributed by atoms with Crippen LogP contribution >= 0.6 is 0 Å². The average molecular weight is 697 g/mol. The topological polar surface area (TPSA) is 68.3 Å². The van der Waals surface area contributed by atoms with Crippen molar-refractivity contribution in [1.29, 1.82) is 0 Å². The van der Waals surface area contributed by atoms with Crippen molar-refractivity contribution in [3.63, 3.8) is 0 Å². The number of likely N-dealkylation sites (tertiary alicyclic amines) is 1. The maximum Gasteiger partial charge on any atom is 0.411 e. The molecule has 2 heterocycles. The molecule has 7 nitrogen and oxygen atoms in total. The summed E-state index contributed by atoms with van der Waals surface area (Å²) in [6, 6.07) is 47.5. The molecule has 2 saturated heterocycles. The van der Waals surface area contributed by atoms with Gasteiger partial charge in [0.1, 0.15) is 12.4 Å². The minimum atomic E-state index is -3.03. The average Bonchev–Trinajstić information content (AvgIpc) is 3.57. The lowest BCUT2D eigenvalue weighted by molar-refractivity contribution is -0.140. The third-order valence-corrected chi connectivity index (χ3v) is 15.5. The van der Waals surface area contributed by atoms with Gasteiger partial charge in [-0.2, -0.15) is 0 Å². The maximum absolute atomic E-state index is 15.0. The minimum Gasteiger partial charge on any atom is -0.497 e. The number of ether oxygens (including phenoxy) is 2. The quantitative estimate of drug-likeness (QED) is 0.118. The van der Waals surface area contributed by atoms with Crippen molar-refractivity contribution in [2.24, 2.45) is 0 Å². The molecule has 7 rings (SSSR count).